The van der Waals surface area contributed by atoms with Crippen molar-refractivity contribution >= 4 is 6.09 Å². The minimum atomic E-state index is -0.290. The molecule has 0 spiro atoms. The summed E-state index contributed by atoms with van der Waals surface area (Å²) in [5, 5.41) is 3.20. The first-order valence-electron chi connectivity index (χ1n) is 12.3. The molecule has 2 aromatic rings. The van der Waals surface area contributed by atoms with Crippen molar-refractivity contribution in [2.75, 3.05) is 40.0 Å². The molecule has 1 aromatic carbocycles. The second-order valence-electron chi connectivity index (χ2n) is 10.5. The molecule has 1 aliphatic carbocycles. The van der Waals surface area contributed by atoms with E-state index in [0.29, 0.717) is 25.0 Å². The summed E-state index contributed by atoms with van der Waals surface area (Å²) in [6.45, 7) is 8.57. The lowest BCUT2D eigenvalue weighted by Gasteiger charge is -2.44. The van der Waals surface area contributed by atoms with Crippen molar-refractivity contribution in [2.45, 2.75) is 45.3 Å². The molecule has 7 nitrogen and oxygen atoms in total. The van der Waals surface area contributed by atoms with Crippen LogP contribution in [0.15, 0.2) is 36.5 Å². The SMILES string of the molecule is COCCOc1ccc(-c2ccc3c(c2)CC(C)(C)C3NC(=O)O[C@@H]2CN3CCC2CC3)cn1. The van der Waals surface area contributed by atoms with Crippen LogP contribution in [0, 0.1) is 11.3 Å². The van der Waals surface area contributed by atoms with Gasteiger partial charge in [0.05, 0.1) is 12.6 Å². The number of fused-ring (bicyclic) bond motifs is 4. The lowest BCUT2D eigenvalue weighted by molar-refractivity contribution is -0.0348. The summed E-state index contributed by atoms with van der Waals surface area (Å²) >= 11 is 0. The van der Waals surface area contributed by atoms with Crippen molar-refractivity contribution < 1.29 is 19.0 Å². The van der Waals surface area contributed by atoms with Crippen LogP contribution in [-0.2, 0) is 15.9 Å². The van der Waals surface area contributed by atoms with Crippen LogP contribution >= 0.6 is 0 Å². The van der Waals surface area contributed by atoms with Gasteiger partial charge in [-0.15, -0.1) is 0 Å². The van der Waals surface area contributed by atoms with Crippen molar-refractivity contribution in [3.05, 3.63) is 47.7 Å². The van der Waals surface area contributed by atoms with Gasteiger partial charge in [0.1, 0.15) is 12.7 Å². The van der Waals surface area contributed by atoms with Gasteiger partial charge in [-0.3, -0.25) is 4.90 Å². The first kappa shape index (κ1) is 23.1. The number of benzene rings is 1. The summed E-state index contributed by atoms with van der Waals surface area (Å²) in [5.74, 6) is 1.10. The summed E-state index contributed by atoms with van der Waals surface area (Å²) in [4.78, 5) is 19.7. The highest BCUT2D eigenvalue weighted by atomic mass is 16.6. The second kappa shape index (κ2) is 9.55. The predicted octanol–water partition coefficient (Wildman–Crippen LogP) is 4.22. The Morgan fingerprint density at radius 3 is 2.62 bits per heavy atom. The highest BCUT2D eigenvalue weighted by Crippen LogP contribution is 2.46. The molecule has 3 aliphatic heterocycles. The molecule has 1 amide bonds. The van der Waals surface area contributed by atoms with Gasteiger partial charge < -0.3 is 19.5 Å². The lowest BCUT2D eigenvalue weighted by atomic mass is 9.85. The number of hydrogen-bond acceptors (Lipinski definition) is 6. The third-order valence-electron chi connectivity index (χ3n) is 7.61. The minimum Gasteiger partial charge on any atom is -0.475 e. The fourth-order valence-corrected chi connectivity index (χ4v) is 5.71. The fraction of sp³-hybridized carbons (Fsp3) is 0.556. The first-order valence-corrected chi connectivity index (χ1v) is 12.3. The van der Waals surface area contributed by atoms with Gasteiger partial charge in [0, 0.05) is 31.5 Å². The van der Waals surface area contributed by atoms with E-state index in [9.17, 15) is 4.79 Å². The van der Waals surface area contributed by atoms with E-state index in [1.165, 1.54) is 11.1 Å². The summed E-state index contributed by atoms with van der Waals surface area (Å²) in [6.07, 6.45) is 4.73. The molecule has 182 valence electrons. The van der Waals surface area contributed by atoms with Crippen LogP contribution in [0.4, 0.5) is 4.79 Å². The zero-order chi connectivity index (χ0) is 23.7. The Labute approximate surface area is 201 Å². The molecule has 6 rings (SSSR count). The zero-order valence-electron chi connectivity index (χ0n) is 20.4. The number of pyridine rings is 1. The standard InChI is InChI=1S/C27H35N3O4/c1-27(2)15-21-14-19(20-5-7-24(28-16-20)33-13-12-32-3)4-6-22(21)25(27)29-26(31)34-23-17-30-10-8-18(23)9-11-30/h4-7,14,16,18,23,25H,8-13,15,17H2,1-3H3,(H,29,31)/t23-,25?/m1/s1. The van der Waals surface area contributed by atoms with Gasteiger partial charge in [-0.1, -0.05) is 32.0 Å². The minimum absolute atomic E-state index is 0.0165. The lowest BCUT2D eigenvalue weighted by Crippen LogP contribution is -2.53. The van der Waals surface area contributed by atoms with Crippen molar-refractivity contribution in [1.82, 2.24) is 15.2 Å². The van der Waals surface area contributed by atoms with Crippen molar-refractivity contribution in [1.29, 1.82) is 0 Å². The molecule has 4 heterocycles. The zero-order valence-corrected chi connectivity index (χ0v) is 20.4. The maximum absolute atomic E-state index is 12.9. The normalized spacial score (nSPS) is 26.7. The largest absolute Gasteiger partial charge is 0.475 e. The van der Waals surface area contributed by atoms with E-state index in [-0.39, 0.29) is 23.7 Å². The number of carbonyl (C=O) groups is 1. The van der Waals surface area contributed by atoms with Gasteiger partial charge in [0.15, 0.2) is 0 Å². The number of carbonyl (C=O) groups excluding carboxylic acids is 1. The molecule has 1 N–H and O–H groups in total. The summed E-state index contributed by atoms with van der Waals surface area (Å²) < 4.78 is 16.5. The maximum Gasteiger partial charge on any atom is 0.407 e. The van der Waals surface area contributed by atoms with E-state index in [0.717, 1.165) is 50.0 Å². The average molecular weight is 466 g/mol. The molecule has 34 heavy (non-hydrogen) atoms. The Morgan fingerprint density at radius 1 is 1.15 bits per heavy atom. The monoisotopic (exact) mass is 465 g/mol. The number of aromatic nitrogens is 1. The van der Waals surface area contributed by atoms with Crippen LogP contribution in [0.2, 0.25) is 0 Å². The molecular weight excluding hydrogens is 430 g/mol. The van der Waals surface area contributed by atoms with Crippen molar-refractivity contribution in [2.24, 2.45) is 11.3 Å². The molecular formula is C27H35N3O4. The topological polar surface area (TPSA) is 72.9 Å². The van der Waals surface area contributed by atoms with Crippen LogP contribution in [0.25, 0.3) is 11.1 Å². The summed E-state index contributed by atoms with van der Waals surface area (Å²) in [5.41, 5.74) is 4.49. The number of amides is 1. The molecule has 3 saturated heterocycles. The number of methoxy groups -OCH3 is 1. The second-order valence-corrected chi connectivity index (χ2v) is 10.5. The Bertz CT molecular complexity index is 1020. The number of rotatable bonds is 7. The number of alkyl carbamates (subject to hydrolysis) is 1. The quantitative estimate of drug-likeness (QED) is 0.618. The fourth-order valence-electron chi connectivity index (χ4n) is 5.71. The smallest absolute Gasteiger partial charge is 0.407 e. The molecule has 0 radical (unpaired) electrons. The highest BCUT2D eigenvalue weighted by molar-refractivity contribution is 5.70. The molecule has 1 unspecified atom stereocenters. The van der Waals surface area contributed by atoms with Crippen molar-refractivity contribution in [3.63, 3.8) is 0 Å². The molecule has 0 saturated carbocycles. The molecule has 3 fully saturated rings. The third kappa shape index (κ3) is 4.77. The van der Waals surface area contributed by atoms with E-state index in [4.69, 9.17) is 14.2 Å². The van der Waals surface area contributed by atoms with Gasteiger partial charge >= 0.3 is 6.09 Å². The average Bonchev–Trinajstić information content (AvgIpc) is 3.09. The van der Waals surface area contributed by atoms with E-state index >= 15 is 0 Å². The molecule has 1 aromatic heterocycles. The first-order chi connectivity index (χ1) is 16.4. The summed E-state index contributed by atoms with van der Waals surface area (Å²) in [7, 11) is 1.65. The highest BCUT2D eigenvalue weighted by Gasteiger charge is 2.42. The Kier molecular flexibility index (Phi) is 6.49. The van der Waals surface area contributed by atoms with Gasteiger partial charge in [-0.25, -0.2) is 9.78 Å². The molecule has 7 heteroatoms. The van der Waals surface area contributed by atoms with Gasteiger partial charge in [0.25, 0.3) is 0 Å². The number of nitrogens with one attached hydrogen (secondary N) is 1. The number of ether oxygens (including phenoxy) is 3. The molecule has 4 aliphatic rings. The van der Waals surface area contributed by atoms with Crippen LogP contribution in [0.5, 0.6) is 5.88 Å². The Balaban J connectivity index is 1.26. The Morgan fingerprint density at radius 2 is 1.94 bits per heavy atom. The van der Waals surface area contributed by atoms with E-state index in [1.54, 1.807) is 7.11 Å². The van der Waals surface area contributed by atoms with E-state index in [2.05, 4.69) is 47.2 Å². The maximum atomic E-state index is 12.9. The number of nitrogens with zero attached hydrogens (tertiary/aromatic N) is 2. The Hall–Kier alpha value is -2.64. The van der Waals surface area contributed by atoms with Gasteiger partial charge in [-0.2, -0.15) is 0 Å². The number of piperidine rings is 3. The van der Waals surface area contributed by atoms with Crippen LogP contribution in [0.3, 0.4) is 0 Å². The van der Waals surface area contributed by atoms with Crippen LogP contribution in [0.1, 0.15) is 43.9 Å². The van der Waals surface area contributed by atoms with Gasteiger partial charge in [-0.05, 0) is 66.4 Å². The van der Waals surface area contributed by atoms with Gasteiger partial charge in [0.2, 0.25) is 5.88 Å². The molecule has 2 atom stereocenters. The molecule has 2 bridgehead atoms. The van der Waals surface area contributed by atoms with E-state index in [1.807, 2.05) is 18.3 Å². The summed E-state index contributed by atoms with van der Waals surface area (Å²) in [6, 6.07) is 10.3. The third-order valence-corrected chi connectivity index (χ3v) is 7.61. The predicted molar refractivity (Wildman–Crippen MR) is 130 cm³/mol. The van der Waals surface area contributed by atoms with Crippen LogP contribution in [-0.4, -0.2) is 62.0 Å². The van der Waals surface area contributed by atoms with Crippen molar-refractivity contribution in [3.8, 4) is 17.0 Å². The number of hydrogen-bond donors (Lipinski definition) is 1. The van der Waals surface area contributed by atoms with E-state index < -0.39 is 0 Å². The van der Waals surface area contributed by atoms with Crippen LogP contribution < -0.4 is 10.1 Å².